The molecule has 150 valence electrons. The standard InChI is InChI=1S/C21H18N6O2S/c28-20-17(30-21(29)25-20)12-14-4-5-16-15(11-14)19(24-13-23-16)27-9-7-26(8-10-27)18-3-1-2-6-22-18/h1-6,11-13H,7-10H2,(H,25,28,29)/b17-12-. The van der Waals surface area contributed by atoms with Gasteiger partial charge >= 0.3 is 0 Å². The monoisotopic (exact) mass is 418 g/mol. The summed E-state index contributed by atoms with van der Waals surface area (Å²) in [6.45, 7) is 3.35. The number of imide groups is 1. The number of anilines is 2. The number of rotatable bonds is 3. The van der Waals surface area contributed by atoms with Crippen molar-refractivity contribution in [1.82, 2.24) is 20.3 Å². The second-order valence-electron chi connectivity index (χ2n) is 6.99. The van der Waals surface area contributed by atoms with E-state index in [4.69, 9.17) is 0 Å². The highest BCUT2D eigenvalue weighted by atomic mass is 32.2. The van der Waals surface area contributed by atoms with Crippen molar-refractivity contribution in [3.63, 3.8) is 0 Å². The molecule has 0 bridgehead atoms. The summed E-state index contributed by atoms with van der Waals surface area (Å²) in [5.41, 5.74) is 1.67. The Balaban J connectivity index is 1.42. The summed E-state index contributed by atoms with van der Waals surface area (Å²) in [7, 11) is 0. The number of carbonyl (C=O) groups excluding carboxylic acids is 2. The van der Waals surface area contributed by atoms with Gasteiger partial charge in [-0.1, -0.05) is 12.1 Å². The first kappa shape index (κ1) is 18.6. The largest absolute Gasteiger partial charge is 0.353 e. The maximum Gasteiger partial charge on any atom is 0.290 e. The van der Waals surface area contributed by atoms with Crippen molar-refractivity contribution >= 4 is 51.5 Å². The first-order valence-corrected chi connectivity index (χ1v) is 10.4. The molecule has 1 aromatic carbocycles. The van der Waals surface area contributed by atoms with E-state index in [0.717, 1.165) is 66.0 Å². The second kappa shape index (κ2) is 7.75. The molecule has 2 aromatic heterocycles. The second-order valence-corrected chi connectivity index (χ2v) is 8.00. The van der Waals surface area contributed by atoms with Gasteiger partial charge in [-0.05, 0) is 47.7 Å². The van der Waals surface area contributed by atoms with Gasteiger partial charge in [0.1, 0.15) is 18.0 Å². The summed E-state index contributed by atoms with van der Waals surface area (Å²) in [6, 6.07) is 11.7. The number of amides is 2. The van der Waals surface area contributed by atoms with Crippen LogP contribution in [0.5, 0.6) is 0 Å². The van der Waals surface area contributed by atoms with Crippen LogP contribution in [0.15, 0.2) is 53.8 Å². The van der Waals surface area contributed by atoms with Crippen molar-refractivity contribution in [1.29, 1.82) is 0 Å². The normalized spacial score (nSPS) is 18.3. The van der Waals surface area contributed by atoms with E-state index >= 15 is 0 Å². The molecule has 0 radical (unpaired) electrons. The summed E-state index contributed by atoms with van der Waals surface area (Å²) >= 11 is 0.913. The molecule has 0 unspecified atom stereocenters. The zero-order chi connectivity index (χ0) is 20.5. The Kier molecular flexibility index (Phi) is 4.80. The number of piperazine rings is 1. The topological polar surface area (TPSA) is 91.3 Å². The molecule has 4 heterocycles. The molecule has 0 spiro atoms. The Hall–Kier alpha value is -3.46. The van der Waals surface area contributed by atoms with Gasteiger partial charge in [0.2, 0.25) is 0 Å². The highest BCUT2D eigenvalue weighted by Gasteiger charge is 2.25. The molecule has 1 N–H and O–H groups in total. The summed E-state index contributed by atoms with van der Waals surface area (Å²) in [5, 5.41) is 2.86. The fourth-order valence-corrected chi connectivity index (χ4v) is 4.35. The average Bonchev–Trinajstić information content (AvgIpc) is 3.10. The van der Waals surface area contributed by atoms with Crippen molar-refractivity contribution in [2.75, 3.05) is 36.0 Å². The number of benzene rings is 1. The lowest BCUT2D eigenvalue weighted by atomic mass is 10.1. The lowest BCUT2D eigenvalue weighted by Crippen LogP contribution is -2.47. The highest BCUT2D eigenvalue weighted by Crippen LogP contribution is 2.29. The van der Waals surface area contributed by atoms with E-state index in [1.807, 2.05) is 42.6 Å². The fraction of sp³-hybridized carbons (Fsp3) is 0.190. The van der Waals surface area contributed by atoms with Crippen LogP contribution in [0.3, 0.4) is 0 Å². The van der Waals surface area contributed by atoms with Crippen molar-refractivity contribution in [3.8, 4) is 0 Å². The summed E-state index contributed by atoms with van der Waals surface area (Å²) in [4.78, 5) is 41.5. The predicted octanol–water partition coefficient (Wildman–Crippen LogP) is 2.68. The molecule has 0 saturated carbocycles. The third-order valence-corrected chi connectivity index (χ3v) is 5.94. The highest BCUT2D eigenvalue weighted by molar-refractivity contribution is 8.18. The smallest absolute Gasteiger partial charge is 0.290 e. The first-order chi connectivity index (χ1) is 14.7. The Labute approximate surface area is 177 Å². The van der Waals surface area contributed by atoms with Crippen LogP contribution >= 0.6 is 11.8 Å². The zero-order valence-corrected chi connectivity index (χ0v) is 16.8. The summed E-state index contributed by atoms with van der Waals surface area (Å²) in [5.74, 6) is 1.50. The third kappa shape index (κ3) is 3.59. The molecule has 0 aliphatic carbocycles. The molecule has 2 fully saturated rings. The molecule has 0 atom stereocenters. The first-order valence-electron chi connectivity index (χ1n) is 9.58. The molecule has 2 amide bonds. The zero-order valence-electron chi connectivity index (χ0n) is 16.0. The van der Waals surface area contributed by atoms with Crippen LogP contribution in [-0.2, 0) is 4.79 Å². The van der Waals surface area contributed by atoms with Gasteiger partial charge in [0, 0.05) is 37.8 Å². The van der Waals surface area contributed by atoms with E-state index in [0.29, 0.717) is 4.91 Å². The molecule has 8 nitrogen and oxygen atoms in total. The lowest BCUT2D eigenvalue weighted by molar-refractivity contribution is -0.115. The van der Waals surface area contributed by atoms with Crippen molar-refractivity contribution in [2.45, 2.75) is 0 Å². The summed E-state index contributed by atoms with van der Waals surface area (Å²) < 4.78 is 0. The molecular weight excluding hydrogens is 400 g/mol. The van der Waals surface area contributed by atoms with Gasteiger partial charge in [-0.2, -0.15) is 0 Å². The van der Waals surface area contributed by atoms with E-state index in [1.165, 1.54) is 0 Å². The number of hydrogen-bond acceptors (Lipinski definition) is 8. The third-order valence-electron chi connectivity index (χ3n) is 5.13. The number of aromatic nitrogens is 3. The van der Waals surface area contributed by atoms with Crippen LogP contribution < -0.4 is 15.1 Å². The minimum Gasteiger partial charge on any atom is -0.353 e. The number of carbonyl (C=O) groups is 2. The maximum atomic E-state index is 11.9. The van der Waals surface area contributed by atoms with Crippen molar-refractivity contribution < 1.29 is 9.59 Å². The van der Waals surface area contributed by atoms with Crippen LogP contribution in [0, 0.1) is 0 Å². The Morgan fingerprint density at radius 1 is 0.967 bits per heavy atom. The Morgan fingerprint density at radius 3 is 2.53 bits per heavy atom. The SMILES string of the molecule is O=C1NC(=O)/C(=C/c2ccc3ncnc(N4CCN(c5ccccn5)CC4)c3c2)S1. The van der Waals surface area contributed by atoms with Gasteiger partial charge in [0.05, 0.1) is 10.4 Å². The quantitative estimate of drug-likeness (QED) is 0.649. The minimum absolute atomic E-state index is 0.346. The number of fused-ring (bicyclic) bond motifs is 1. The van der Waals surface area contributed by atoms with Crippen LogP contribution in [0.25, 0.3) is 17.0 Å². The van der Waals surface area contributed by atoms with E-state index in [1.54, 1.807) is 12.4 Å². The number of nitrogens with zero attached hydrogens (tertiary/aromatic N) is 5. The van der Waals surface area contributed by atoms with Crippen molar-refractivity contribution in [3.05, 3.63) is 59.4 Å². The van der Waals surface area contributed by atoms with Gasteiger partial charge < -0.3 is 9.80 Å². The Morgan fingerprint density at radius 2 is 1.80 bits per heavy atom. The molecule has 3 aromatic rings. The fourth-order valence-electron chi connectivity index (χ4n) is 3.66. The van der Waals surface area contributed by atoms with Gasteiger partial charge in [-0.15, -0.1) is 0 Å². The predicted molar refractivity (Wildman–Crippen MR) is 117 cm³/mol. The number of nitrogens with one attached hydrogen (secondary N) is 1. The molecule has 2 aliphatic rings. The molecule has 9 heteroatoms. The maximum absolute atomic E-state index is 11.9. The number of pyridine rings is 1. The number of hydrogen-bond donors (Lipinski definition) is 1. The Bertz CT molecular complexity index is 1160. The lowest BCUT2D eigenvalue weighted by Gasteiger charge is -2.36. The van der Waals surface area contributed by atoms with E-state index in [2.05, 4.69) is 30.1 Å². The van der Waals surface area contributed by atoms with Gasteiger partial charge in [0.25, 0.3) is 11.1 Å². The van der Waals surface area contributed by atoms with Gasteiger partial charge in [-0.25, -0.2) is 15.0 Å². The average molecular weight is 418 g/mol. The number of thioether (sulfide) groups is 1. The van der Waals surface area contributed by atoms with E-state index in [9.17, 15) is 9.59 Å². The van der Waals surface area contributed by atoms with Gasteiger partial charge in [0.15, 0.2) is 0 Å². The van der Waals surface area contributed by atoms with Gasteiger partial charge in [-0.3, -0.25) is 14.9 Å². The minimum atomic E-state index is -0.361. The summed E-state index contributed by atoms with van der Waals surface area (Å²) in [6.07, 6.45) is 5.12. The van der Waals surface area contributed by atoms with E-state index in [-0.39, 0.29) is 11.1 Å². The van der Waals surface area contributed by atoms with E-state index < -0.39 is 0 Å². The molecule has 30 heavy (non-hydrogen) atoms. The van der Waals surface area contributed by atoms with Crippen LogP contribution in [-0.4, -0.2) is 52.3 Å². The molecule has 2 aliphatic heterocycles. The molecular formula is C21H18N6O2S. The van der Waals surface area contributed by atoms with Crippen LogP contribution in [0.2, 0.25) is 0 Å². The van der Waals surface area contributed by atoms with Crippen LogP contribution in [0.1, 0.15) is 5.56 Å². The molecule has 2 saturated heterocycles. The van der Waals surface area contributed by atoms with Crippen molar-refractivity contribution in [2.24, 2.45) is 0 Å². The molecule has 5 rings (SSSR count). The van der Waals surface area contributed by atoms with Crippen LogP contribution in [0.4, 0.5) is 16.4 Å².